The first-order valence-electron chi connectivity index (χ1n) is 5.35. The number of aliphatic carboxylic acids is 2. The fourth-order valence-corrected chi connectivity index (χ4v) is 1.59. The van der Waals surface area contributed by atoms with E-state index in [-0.39, 0.29) is 17.9 Å². The smallest absolute Gasteiger partial charge is 0.307 e. The molecular weight excluding hydrogens is 240 g/mol. The van der Waals surface area contributed by atoms with Crippen LogP contribution in [0.4, 0.5) is 0 Å². The molecule has 18 heavy (non-hydrogen) atoms. The Balaban J connectivity index is 2.64. The van der Waals surface area contributed by atoms with Gasteiger partial charge in [0.25, 0.3) is 0 Å². The lowest BCUT2D eigenvalue weighted by atomic mass is 9.96. The first kappa shape index (κ1) is 13.8. The van der Waals surface area contributed by atoms with Gasteiger partial charge in [-0.05, 0) is 30.5 Å². The minimum Gasteiger partial charge on any atom is -0.504 e. The van der Waals surface area contributed by atoms with E-state index in [9.17, 15) is 14.7 Å². The van der Waals surface area contributed by atoms with Crippen LogP contribution in [-0.2, 0) is 16.0 Å². The first-order valence-corrected chi connectivity index (χ1v) is 5.35. The average Bonchev–Trinajstić information content (AvgIpc) is 2.28. The maximum absolute atomic E-state index is 10.8. The highest BCUT2D eigenvalue weighted by Crippen LogP contribution is 2.26. The van der Waals surface area contributed by atoms with Crippen molar-refractivity contribution in [3.63, 3.8) is 0 Å². The normalized spacial score (nSPS) is 12.0. The van der Waals surface area contributed by atoms with Crippen molar-refractivity contribution in [3.8, 4) is 11.5 Å². The van der Waals surface area contributed by atoms with Gasteiger partial charge in [0.2, 0.25) is 0 Å². The standard InChI is InChI=1S/C12H14O6/c13-9-4-2-7(5-10(9)14)1-3-8(12(17)18)6-11(15)16/h2,4-5,8,13-14H,1,3,6H2,(H,15,16)(H,17,18). The Morgan fingerprint density at radius 3 is 2.28 bits per heavy atom. The molecule has 6 heteroatoms. The highest BCUT2D eigenvalue weighted by molar-refractivity contribution is 5.77. The molecule has 0 saturated carbocycles. The summed E-state index contributed by atoms with van der Waals surface area (Å²) in [6, 6.07) is 4.18. The van der Waals surface area contributed by atoms with Crippen molar-refractivity contribution < 1.29 is 30.0 Å². The summed E-state index contributed by atoms with van der Waals surface area (Å²) in [6.07, 6.45) is 0.0450. The second kappa shape index (κ2) is 5.90. The number of rotatable bonds is 6. The Labute approximate surface area is 103 Å². The molecule has 0 bridgehead atoms. The summed E-state index contributed by atoms with van der Waals surface area (Å²) in [6.45, 7) is 0. The van der Waals surface area contributed by atoms with Crippen molar-refractivity contribution in [2.45, 2.75) is 19.3 Å². The number of hydrogen-bond acceptors (Lipinski definition) is 4. The lowest BCUT2D eigenvalue weighted by Crippen LogP contribution is -2.18. The van der Waals surface area contributed by atoms with E-state index in [1.807, 2.05) is 0 Å². The van der Waals surface area contributed by atoms with Gasteiger partial charge in [-0.1, -0.05) is 6.07 Å². The summed E-state index contributed by atoms with van der Waals surface area (Å²) in [5.74, 6) is -3.80. The third-order valence-corrected chi connectivity index (χ3v) is 2.59. The zero-order valence-corrected chi connectivity index (χ0v) is 9.54. The Kier molecular flexibility index (Phi) is 4.53. The molecule has 0 saturated heterocycles. The molecule has 0 aliphatic heterocycles. The summed E-state index contributed by atoms with van der Waals surface area (Å²) < 4.78 is 0. The highest BCUT2D eigenvalue weighted by atomic mass is 16.4. The van der Waals surface area contributed by atoms with Gasteiger partial charge in [0.1, 0.15) is 0 Å². The van der Waals surface area contributed by atoms with Crippen LogP contribution in [0.5, 0.6) is 11.5 Å². The van der Waals surface area contributed by atoms with Crippen LogP contribution in [0.1, 0.15) is 18.4 Å². The monoisotopic (exact) mass is 254 g/mol. The average molecular weight is 254 g/mol. The molecule has 4 N–H and O–H groups in total. The molecule has 1 aromatic rings. The van der Waals surface area contributed by atoms with Crippen molar-refractivity contribution in [1.82, 2.24) is 0 Å². The van der Waals surface area contributed by atoms with Gasteiger partial charge in [-0.3, -0.25) is 9.59 Å². The van der Waals surface area contributed by atoms with Crippen LogP contribution < -0.4 is 0 Å². The van der Waals surface area contributed by atoms with Crippen molar-refractivity contribution in [1.29, 1.82) is 0 Å². The Morgan fingerprint density at radius 2 is 1.78 bits per heavy atom. The van der Waals surface area contributed by atoms with Crippen LogP contribution in [0.3, 0.4) is 0 Å². The van der Waals surface area contributed by atoms with Gasteiger partial charge in [-0.25, -0.2) is 0 Å². The summed E-state index contributed by atoms with van der Waals surface area (Å²) in [7, 11) is 0. The van der Waals surface area contributed by atoms with Crippen molar-refractivity contribution in [2.75, 3.05) is 0 Å². The molecule has 0 aromatic heterocycles. The lowest BCUT2D eigenvalue weighted by molar-refractivity contribution is -0.148. The predicted octanol–water partition coefficient (Wildman–Crippen LogP) is 1.21. The van der Waals surface area contributed by atoms with Crippen molar-refractivity contribution >= 4 is 11.9 Å². The van der Waals surface area contributed by atoms with E-state index in [0.717, 1.165) is 0 Å². The van der Waals surface area contributed by atoms with E-state index in [4.69, 9.17) is 15.3 Å². The summed E-state index contributed by atoms with van der Waals surface area (Å²) in [5, 5.41) is 35.8. The van der Waals surface area contributed by atoms with Crippen LogP contribution in [0.15, 0.2) is 18.2 Å². The van der Waals surface area contributed by atoms with Crippen LogP contribution in [0.25, 0.3) is 0 Å². The summed E-state index contributed by atoms with van der Waals surface area (Å²) >= 11 is 0. The van der Waals surface area contributed by atoms with E-state index >= 15 is 0 Å². The molecular formula is C12H14O6. The largest absolute Gasteiger partial charge is 0.504 e. The third-order valence-electron chi connectivity index (χ3n) is 2.59. The van der Waals surface area contributed by atoms with Gasteiger partial charge in [-0.15, -0.1) is 0 Å². The Bertz CT molecular complexity index is 454. The fraction of sp³-hybridized carbons (Fsp3) is 0.333. The Hall–Kier alpha value is -2.24. The van der Waals surface area contributed by atoms with Crippen LogP contribution in [0, 0.1) is 5.92 Å². The van der Waals surface area contributed by atoms with E-state index in [2.05, 4.69) is 0 Å². The molecule has 1 unspecified atom stereocenters. The predicted molar refractivity (Wildman–Crippen MR) is 61.5 cm³/mol. The maximum Gasteiger partial charge on any atom is 0.307 e. The number of hydrogen-bond donors (Lipinski definition) is 4. The molecule has 98 valence electrons. The number of benzene rings is 1. The molecule has 0 radical (unpaired) electrons. The summed E-state index contributed by atoms with van der Waals surface area (Å²) in [5.41, 5.74) is 0.641. The maximum atomic E-state index is 10.8. The minimum atomic E-state index is -1.16. The molecule has 0 aliphatic rings. The van der Waals surface area contributed by atoms with E-state index in [1.165, 1.54) is 12.1 Å². The molecule has 6 nitrogen and oxygen atoms in total. The number of phenolic OH excluding ortho intramolecular Hbond substituents is 2. The molecule has 0 amide bonds. The number of carboxylic acid groups (broad SMARTS) is 2. The molecule has 1 aromatic carbocycles. The van der Waals surface area contributed by atoms with Crippen LogP contribution in [-0.4, -0.2) is 32.4 Å². The molecule has 0 heterocycles. The number of aromatic hydroxyl groups is 2. The second-order valence-electron chi connectivity index (χ2n) is 3.99. The number of carbonyl (C=O) groups is 2. The highest BCUT2D eigenvalue weighted by Gasteiger charge is 2.20. The zero-order valence-electron chi connectivity index (χ0n) is 9.54. The molecule has 1 atom stereocenters. The number of phenols is 2. The van der Waals surface area contributed by atoms with Gasteiger partial charge in [0, 0.05) is 0 Å². The van der Waals surface area contributed by atoms with Gasteiger partial charge >= 0.3 is 11.9 Å². The van der Waals surface area contributed by atoms with E-state index in [1.54, 1.807) is 6.07 Å². The number of carboxylic acids is 2. The molecule has 0 fully saturated rings. The van der Waals surface area contributed by atoms with E-state index in [0.29, 0.717) is 12.0 Å². The lowest BCUT2D eigenvalue weighted by Gasteiger charge is -2.10. The van der Waals surface area contributed by atoms with Gasteiger partial charge in [-0.2, -0.15) is 0 Å². The summed E-state index contributed by atoms with van der Waals surface area (Å²) in [4.78, 5) is 21.3. The molecule has 1 rings (SSSR count). The van der Waals surface area contributed by atoms with Crippen LogP contribution >= 0.6 is 0 Å². The minimum absolute atomic E-state index is 0.159. The van der Waals surface area contributed by atoms with Gasteiger partial charge in [0.15, 0.2) is 11.5 Å². The SMILES string of the molecule is O=C(O)CC(CCc1ccc(O)c(O)c1)C(=O)O. The third kappa shape index (κ3) is 3.97. The van der Waals surface area contributed by atoms with Crippen molar-refractivity contribution in [2.24, 2.45) is 5.92 Å². The molecule has 0 spiro atoms. The number of aryl methyl sites for hydroxylation is 1. The topological polar surface area (TPSA) is 115 Å². The van der Waals surface area contributed by atoms with Gasteiger partial charge in [0.05, 0.1) is 12.3 Å². The zero-order chi connectivity index (χ0) is 13.7. The van der Waals surface area contributed by atoms with Gasteiger partial charge < -0.3 is 20.4 Å². The second-order valence-corrected chi connectivity index (χ2v) is 3.99. The van der Waals surface area contributed by atoms with Crippen molar-refractivity contribution in [3.05, 3.63) is 23.8 Å². The molecule has 0 aliphatic carbocycles. The fourth-order valence-electron chi connectivity index (χ4n) is 1.59. The quantitative estimate of drug-likeness (QED) is 0.567. The first-order chi connectivity index (χ1) is 8.40. The Morgan fingerprint density at radius 1 is 1.11 bits per heavy atom. The van der Waals surface area contributed by atoms with E-state index < -0.39 is 24.3 Å². The van der Waals surface area contributed by atoms with Crippen LogP contribution in [0.2, 0.25) is 0 Å².